The second-order valence-corrected chi connectivity index (χ2v) is 7.58. The summed E-state index contributed by atoms with van der Waals surface area (Å²) in [5.74, 6) is 0.968. The lowest BCUT2D eigenvalue weighted by molar-refractivity contribution is -0.118. The predicted octanol–water partition coefficient (Wildman–Crippen LogP) is 2.15. The van der Waals surface area contributed by atoms with Crippen molar-refractivity contribution in [3.8, 4) is 11.1 Å². The van der Waals surface area contributed by atoms with Crippen LogP contribution in [0.4, 0.5) is 11.5 Å². The third kappa shape index (κ3) is 2.55. The fourth-order valence-corrected chi connectivity index (χ4v) is 4.61. The zero-order chi connectivity index (χ0) is 18.5. The topological polar surface area (TPSA) is 73.7 Å². The molecule has 0 radical (unpaired) electrons. The zero-order valence-electron chi connectivity index (χ0n) is 15.0. The molecule has 2 amide bonds. The second kappa shape index (κ2) is 6.16. The number of amides is 2. The highest BCUT2D eigenvalue weighted by atomic mass is 16.3. The minimum Gasteiger partial charge on any atom is -0.396 e. The minimum atomic E-state index is 0.0206. The molecule has 6 nitrogen and oxygen atoms in total. The van der Waals surface area contributed by atoms with Gasteiger partial charge in [-0.2, -0.15) is 0 Å². The summed E-state index contributed by atoms with van der Waals surface area (Å²) in [5.41, 5.74) is 4.15. The summed E-state index contributed by atoms with van der Waals surface area (Å²) >= 11 is 0. The van der Waals surface area contributed by atoms with Crippen molar-refractivity contribution >= 4 is 23.3 Å². The minimum absolute atomic E-state index is 0.0206. The van der Waals surface area contributed by atoms with Crippen LogP contribution >= 0.6 is 0 Å². The Bertz CT molecular complexity index is 925. The van der Waals surface area contributed by atoms with E-state index in [0.717, 1.165) is 41.8 Å². The molecule has 138 valence electrons. The molecule has 2 atom stereocenters. The van der Waals surface area contributed by atoms with Crippen molar-refractivity contribution in [1.82, 2.24) is 4.98 Å². The van der Waals surface area contributed by atoms with E-state index >= 15 is 0 Å². The van der Waals surface area contributed by atoms with E-state index in [1.54, 1.807) is 11.1 Å². The number of benzene rings is 1. The average Bonchev–Trinajstić information content (AvgIpc) is 3.36. The Morgan fingerprint density at radius 2 is 1.93 bits per heavy atom. The van der Waals surface area contributed by atoms with Gasteiger partial charge in [0.05, 0.1) is 0 Å². The van der Waals surface area contributed by atoms with Gasteiger partial charge >= 0.3 is 0 Å². The van der Waals surface area contributed by atoms with Crippen molar-refractivity contribution in [2.45, 2.75) is 31.7 Å². The zero-order valence-corrected chi connectivity index (χ0v) is 15.0. The molecule has 4 heterocycles. The molecule has 27 heavy (non-hydrogen) atoms. The number of hydrogen-bond donors (Lipinski definition) is 1. The lowest BCUT2D eigenvalue weighted by Crippen LogP contribution is -2.32. The number of pyridine rings is 1. The number of carbonyl (C=O) groups excluding carboxylic acids is 2. The van der Waals surface area contributed by atoms with Crippen LogP contribution in [0.1, 0.15) is 24.8 Å². The number of aromatic nitrogens is 1. The molecule has 1 aromatic heterocycles. The first-order valence-electron chi connectivity index (χ1n) is 9.48. The normalized spacial score (nSPS) is 23.9. The van der Waals surface area contributed by atoms with Gasteiger partial charge in [0.25, 0.3) is 0 Å². The van der Waals surface area contributed by atoms with Crippen molar-refractivity contribution in [1.29, 1.82) is 0 Å². The molecule has 0 unspecified atom stereocenters. The number of carbonyl (C=O) groups is 2. The number of rotatable bonds is 3. The van der Waals surface area contributed by atoms with Crippen molar-refractivity contribution in [3.63, 3.8) is 0 Å². The molecular formula is C21H21N3O3. The summed E-state index contributed by atoms with van der Waals surface area (Å²) in [5, 5.41) is 9.56. The molecule has 2 fully saturated rings. The van der Waals surface area contributed by atoms with Crippen LogP contribution < -0.4 is 9.80 Å². The van der Waals surface area contributed by atoms with Crippen LogP contribution in [0, 0.1) is 5.92 Å². The molecule has 3 aliphatic rings. The number of nitrogens with zero attached hydrogens (tertiary/aromatic N) is 3. The van der Waals surface area contributed by atoms with Crippen LogP contribution in [-0.2, 0) is 16.0 Å². The molecule has 3 aliphatic heterocycles. The van der Waals surface area contributed by atoms with E-state index in [-0.39, 0.29) is 30.4 Å². The monoisotopic (exact) mass is 363 g/mol. The first-order chi connectivity index (χ1) is 13.2. The number of aliphatic hydroxyl groups excluding tert-OH is 1. The maximum atomic E-state index is 12.3. The van der Waals surface area contributed by atoms with Gasteiger partial charge in [0.1, 0.15) is 5.82 Å². The standard InChI is InChI=1S/C21H21N3O3/c25-12-16-10-21(27)24-17-5-3-13(8-15(17)9-18(16)24)14-4-6-19(22-11-14)23-7-1-2-20(23)26/h3-6,8,11,16,18,25H,1-2,7,9-10,12H2/t16-,18-/m0/s1. The maximum absolute atomic E-state index is 12.3. The van der Waals surface area contributed by atoms with Gasteiger partial charge < -0.3 is 10.0 Å². The first kappa shape index (κ1) is 16.4. The Kier molecular flexibility index (Phi) is 3.75. The van der Waals surface area contributed by atoms with Gasteiger partial charge in [0, 0.05) is 55.4 Å². The largest absolute Gasteiger partial charge is 0.396 e. The molecule has 1 aromatic carbocycles. The Morgan fingerprint density at radius 1 is 1.07 bits per heavy atom. The quantitative estimate of drug-likeness (QED) is 0.907. The summed E-state index contributed by atoms with van der Waals surface area (Å²) in [7, 11) is 0. The number of aliphatic hydroxyl groups is 1. The van der Waals surface area contributed by atoms with Gasteiger partial charge in [-0.15, -0.1) is 0 Å². The number of anilines is 2. The van der Waals surface area contributed by atoms with Gasteiger partial charge in [-0.3, -0.25) is 14.5 Å². The van der Waals surface area contributed by atoms with Crippen LogP contribution in [-0.4, -0.2) is 41.1 Å². The Labute approximate surface area is 157 Å². The molecule has 2 saturated heterocycles. The highest BCUT2D eigenvalue weighted by Crippen LogP contribution is 2.42. The second-order valence-electron chi connectivity index (χ2n) is 7.58. The van der Waals surface area contributed by atoms with Gasteiger partial charge in [0.2, 0.25) is 11.8 Å². The van der Waals surface area contributed by atoms with Crippen molar-refractivity contribution in [3.05, 3.63) is 42.1 Å². The molecule has 6 heteroatoms. The molecule has 0 bridgehead atoms. The van der Waals surface area contributed by atoms with Crippen molar-refractivity contribution in [2.75, 3.05) is 23.0 Å². The Morgan fingerprint density at radius 3 is 2.63 bits per heavy atom. The van der Waals surface area contributed by atoms with E-state index in [4.69, 9.17) is 0 Å². The Balaban J connectivity index is 1.43. The fourth-order valence-electron chi connectivity index (χ4n) is 4.61. The number of fused-ring (bicyclic) bond motifs is 3. The van der Waals surface area contributed by atoms with Crippen LogP contribution in [0.25, 0.3) is 11.1 Å². The number of hydrogen-bond acceptors (Lipinski definition) is 4. The van der Waals surface area contributed by atoms with E-state index in [1.807, 2.05) is 29.2 Å². The molecule has 5 rings (SSSR count). The highest BCUT2D eigenvalue weighted by Gasteiger charge is 2.45. The fraction of sp³-hybridized carbons (Fsp3) is 0.381. The van der Waals surface area contributed by atoms with Crippen LogP contribution in [0.5, 0.6) is 0 Å². The molecule has 0 spiro atoms. The molecule has 1 N–H and O–H groups in total. The van der Waals surface area contributed by atoms with Gasteiger partial charge in [-0.25, -0.2) is 4.98 Å². The van der Waals surface area contributed by atoms with Crippen LogP contribution in [0.2, 0.25) is 0 Å². The SMILES string of the molecule is O=C1CCCN1c1ccc(-c2ccc3c(c2)C[C@H]2[C@H](CO)CC(=O)N32)cn1. The van der Waals surface area contributed by atoms with Gasteiger partial charge in [0.15, 0.2) is 0 Å². The van der Waals surface area contributed by atoms with Gasteiger partial charge in [-0.05, 0) is 48.2 Å². The first-order valence-corrected chi connectivity index (χ1v) is 9.48. The molecular weight excluding hydrogens is 342 g/mol. The summed E-state index contributed by atoms with van der Waals surface area (Å²) in [6.45, 7) is 0.787. The van der Waals surface area contributed by atoms with E-state index < -0.39 is 0 Å². The predicted molar refractivity (Wildman–Crippen MR) is 101 cm³/mol. The summed E-state index contributed by atoms with van der Waals surface area (Å²) < 4.78 is 0. The van der Waals surface area contributed by atoms with Crippen LogP contribution in [0.3, 0.4) is 0 Å². The molecule has 0 saturated carbocycles. The lowest BCUT2D eigenvalue weighted by Gasteiger charge is -2.19. The van der Waals surface area contributed by atoms with E-state index in [0.29, 0.717) is 18.7 Å². The Hall–Kier alpha value is -2.73. The van der Waals surface area contributed by atoms with Crippen molar-refractivity contribution < 1.29 is 14.7 Å². The average molecular weight is 363 g/mol. The van der Waals surface area contributed by atoms with E-state index in [9.17, 15) is 14.7 Å². The van der Waals surface area contributed by atoms with Crippen LogP contribution in [0.15, 0.2) is 36.5 Å². The highest BCUT2D eigenvalue weighted by molar-refractivity contribution is 5.99. The van der Waals surface area contributed by atoms with E-state index in [2.05, 4.69) is 11.1 Å². The third-order valence-corrected chi connectivity index (χ3v) is 6.02. The molecule has 0 aliphatic carbocycles. The van der Waals surface area contributed by atoms with Crippen molar-refractivity contribution in [2.24, 2.45) is 5.92 Å². The smallest absolute Gasteiger partial charge is 0.228 e. The van der Waals surface area contributed by atoms with E-state index in [1.165, 1.54) is 0 Å². The third-order valence-electron chi connectivity index (χ3n) is 6.02. The summed E-state index contributed by atoms with van der Waals surface area (Å²) in [6, 6.07) is 10.1. The maximum Gasteiger partial charge on any atom is 0.228 e. The lowest BCUT2D eigenvalue weighted by atomic mass is 9.96. The summed E-state index contributed by atoms with van der Waals surface area (Å²) in [4.78, 5) is 32.3. The summed E-state index contributed by atoms with van der Waals surface area (Å²) in [6.07, 6.45) is 4.51. The molecule has 2 aromatic rings. The van der Waals surface area contributed by atoms with Gasteiger partial charge in [-0.1, -0.05) is 6.07 Å².